The van der Waals surface area contributed by atoms with E-state index < -0.39 is 0 Å². The summed E-state index contributed by atoms with van der Waals surface area (Å²) in [7, 11) is 1.83. The zero-order chi connectivity index (χ0) is 17.0. The molecule has 1 aromatic heterocycles. The molecule has 1 aromatic carbocycles. The Morgan fingerprint density at radius 1 is 1.25 bits per heavy atom. The van der Waals surface area contributed by atoms with Gasteiger partial charge in [-0.3, -0.25) is 9.69 Å². The van der Waals surface area contributed by atoms with E-state index in [4.69, 9.17) is 28.2 Å². The number of nitrogens with zero attached hydrogens (tertiary/aromatic N) is 3. The van der Waals surface area contributed by atoms with Crippen molar-refractivity contribution in [1.82, 2.24) is 9.55 Å². The van der Waals surface area contributed by atoms with Gasteiger partial charge in [-0.05, 0) is 38.3 Å². The van der Waals surface area contributed by atoms with Gasteiger partial charge in [0, 0.05) is 24.0 Å². The minimum atomic E-state index is -0.0893. The minimum Gasteiger partial charge on any atom is -0.306 e. The van der Waals surface area contributed by atoms with E-state index in [0.29, 0.717) is 11.4 Å². The van der Waals surface area contributed by atoms with Crippen LogP contribution in [0.2, 0.25) is 5.02 Å². The largest absolute Gasteiger partial charge is 0.306 e. The number of benzene rings is 1. The van der Waals surface area contributed by atoms with Crippen molar-refractivity contribution in [1.29, 1.82) is 0 Å². The number of fused-ring (bicyclic) bond motifs is 3. The normalized spacial score (nSPS) is 26.2. The first-order valence-electron chi connectivity index (χ1n) is 8.24. The van der Waals surface area contributed by atoms with Crippen molar-refractivity contribution in [3.63, 3.8) is 0 Å². The molecule has 2 heterocycles. The molecule has 24 heavy (non-hydrogen) atoms. The molecule has 0 spiro atoms. The summed E-state index contributed by atoms with van der Waals surface area (Å²) >= 11 is 12.8. The Hall–Kier alpha value is -1.52. The second-order valence-corrected chi connectivity index (χ2v) is 7.70. The number of imidazole rings is 1. The van der Waals surface area contributed by atoms with Crippen molar-refractivity contribution in [2.45, 2.75) is 37.6 Å². The van der Waals surface area contributed by atoms with Gasteiger partial charge >= 0.3 is 0 Å². The molecule has 1 aliphatic carbocycles. The molecule has 1 amide bonds. The van der Waals surface area contributed by atoms with E-state index in [1.807, 2.05) is 38.2 Å². The van der Waals surface area contributed by atoms with Gasteiger partial charge in [0.15, 0.2) is 0 Å². The first-order valence-corrected chi connectivity index (χ1v) is 9.06. The second-order valence-electron chi connectivity index (χ2n) is 6.68. The van der Waals surface area contributed by atoms with E-state index in [1.165, 1.54) is 0 Å². The Morgan fingerprint density at radius 2 is 2.00 bits per heavy atom. The lowest BCUT2D eigenvalue weighted by molar-refractivity contribution is -0.125. The Labute approximate surface area is 151 Å². The first kappa shape index (κ1) is 16.0. The van der Waals surface area contributed by atoms with Crippen molar-refractivity contribution in [3.05, 3.63) is 35.0 Å². The Bertz CT molecular complexity index is 817. The van der Waals surface area contributed by atoms with Crippen molar-refractivity contribution in [3.8, 4) is 11.4 Å². The number of carbonyl (C=O) groups excluding carboxylic acids is 1. The van der Waals surface area contributed by atoms with Gasteiger partial charge in [-0.2, -0.15) is 0 Å². The monoisotopic (exact) mass is 363 g/mol. The molecule has 126 valence electrons. The van der Waals surface area contributed by atoms with Gasteiger partial charge in [-0.25, -0.2) is 4.98 Å². The van der Waals surface area contributed by atoms with Crippen LogP contribution in [0, 0.1) is 12.8 Å². The maximum atomic E-state index is 12.8. The van der Waals surface area contributed by atoms with Crippen LogP contribution in [0.25, 0.3) is 11.4 Å². The first-order chi connectivity index (χ1) is 11.5. The highest BCUT2D eigenvalue weighted by atomic mass is 35.5. The van der Waals surface area contributed by atoms with E-state index in [-0.39, 0.29) is 23.2 Å². The molecule has 6 heteroatoms. The summed E-state index contributed by atoms with van der Waals surface area (Å²) in [6.45, 7) is 1.95. The smallest absolute Gasteiger partial charge is 0.233 e. The summed E-state index contributed by atoms with van der Waals surface area (Å²) in [4.78, 5) is 19.3. The third-order valence-corrected chi connectivity index (χ3v) is 5.94. The molecule has 1 fully saturated rings. The number of hydrogen-bond donors (Lipinski definition) is 0. The van der Waals surface area contributed by atoms with Gasteiger partial charge in [0.1, 0.15) is 11.6 Å². The van der Waals surface area contributed by atoms with Crippen molar-refractivity contribution >= 4 is 34.9 Å². The third-order valence-electron chi connectivity index (χ3n) is 5.22. The number of hydrogen-bond acceptors (Lipinski definition) is 2. The number of amides is 1. The summed E-state index contributed by atoms with van der Waals surface area (Å²) < 4.78 is 2.21. The fraction of sp³-hybridized carbons (Fsp3) is 0.444. The van der Waals surface area contributed by atoms with Crippen LogP contribution in [0.15, 0.2) is 24.3 Å². The minimum absolute atomic E-state index is 0.0681. The van der Waals surface area contributed by atoms with Crippen LogP contribution in [0.3, 0.4) is 0 Å². The molecule has 0 saturated heterocycles. The molecule has 3 atom stereocenters. The van der Waals surface area contributed by atoms with Crippen LogP contribution in [-0.4, -0.2) is 27.9 Å². The molecule has 2 aromatic rings. The zero-order valence-electron chi connectivity index (χ0n) is 13.7. The van der Waals surface area contributed by atoms with E-state index >= 15 is 0 Å². The highest BCUT2D eigenvalue weighted by Crippen LogP contribution is 2.47. The summed E-state index contributed by atoms with van der Waals surface area (Å²) in [6, 6.07) is 7.83. The third kappa shape index (κ3) is 2.27. The lowest BCUT2D eigenvalue weighted by atomic mass is 9.81. The molecule has 0 bridgehead atoms. The van der Waals surface area contributed by atoms with E-state index in [2.05, 4.69) is 4.57 Å². The number of alkyl halides is 1. The Balaban J connectivity index is 1.93. The average molecular weight is 364 g/mol. The Morgan fingerprint density at radius 3 is 2.75 bits per heavy atom. The van der Waals surface area contributed by atoms with Gasteiger partial charge in [-0.1, -0.05) is 23.7 Å². The van der Waals surface area contributed by atoms with Crippen molar-refractivity contribution in [2.24, 2.45) is 5.92 Å². The van der Waals surface area contributed by atoms with Crippen LogP contribution >= 0.6 is 23.2 Å². The van der Waals surface area contributed by atoms with E-state index in [0.717, 1.165) is 35.7 Å². The summed E-state index contributed by atoms with van der Waals surface area (Å²) in [5, 5.41) is 0.742. The number of rotatable bonds is 1. The highest BCUT2D eigenvalue weighted by Gasteiger charge is 2.44. The zero-order valence-corrected chi connectivity index (χ0v) is 15.2. The topological polar surface area (TPSA) is 38.1 Å². The average Bonchev–Trinajstić information content (AvgIpc) is 2.90. The number of anilines is 1. The fourth-order valence-corrected chi connectivity index (χ4v) is 4.66. The molecule has 3 unspecified atom stereocenters. The van der Waals surface area contributed by atoms with Crippen LogP contribution in [0.4, 0.5) is 5.82 Å². The maximum Gasteiger partial charge on any atom is 0.233 e. The van der Waals surface area contributed by atoms with Gasteiger partial charge in [0.2, 0.25) is 5.91 Å². The van der Waals surface area contributed by atoms with E-state index in [9.17, 15) is 4.79 Å². The van der Waals surface area contributed by atoms with Crippen molar-refractivity contribution < 1.29 is 4.79 Å². The number of halogens is 2. The fourth-order valence-electron chi connectivity index (χ4n) is 4.12. The molecule has 1 aliphatic heterocycles. The standard InChI is InChI=1S/C18H19Cl2N3O/c1-10-17-22(2)18(24)13-9-11(19)7-8-15(13)23(17)16(21-10)12-5-3-4-6-14(12)20/h3-6,11,13,15H,7-9H2,1-2H3. The van der Waals surface area contributed by atoms with Gasteiger partial charge in [0.25, 0.3) is 0 Å². The van der Waals surface area contributed by atoms with Crippen LogP contribution in [-0.2, 0) is 4.79 Å². The predicted molar refractivity (Wildman–Crippen MR) is 96.8 cm³/mol. The lowest BCUT2D eigenvalue weighted by Crippen LogP contribution is -2.47. The van der Waals surface area contributed by atoms with Crippen LogP contribution in [0.5, 0.6) is 0 Å². The number of aromatic nitrogens is 2. The molecule has 0 N–H and O–H groups in total. The summed E-state index contributed by atoms with van der Waals surface area (Å²) in [5.74, 6) is 1.78. The number of carbonyl (C=O) groups is 1. The van der Waals surface area contributed by atoms with Crippen LogP contribution < -0.4 is 4.90 Å². The van der Waals surface area contributed by atoms with Crippen LogP contribution in [0.1, 0.15) is 31.0 Å². The maximum absolute atomic E-state index is 12.8. The van der Waals surface area contributed by atoms with Gasteiger partial charge in [-0.15, -0.1) is 11.6 Å². The van der Waals surface area contributed by atoms with E-state index in [1.54, 1.807) is 4.90 Å². The summed E-state index contributed by atoms with van der Waals surface area (Å²) in [5.41, 5.74) is 1.76. The summed E-state index contributed by atoms with van der Waals surface area (Å²) in [6.07, 6.45) is 2.52. The molecular weight excluding hydrogens is 345 g/mol. The van der Waals surface area contributed by atoms with Gasteiger partial charge < -0.3 is 4.57 Å². The lowest BCUT2D eigenvalue weighted by Gasteiger charge is -2.42. The molecule has 0 radical (unpaired) electrons. The molecule has 4 nitrogen and oxygen atoms in total. The Kier molecular flexibility index (Phi) is 3.85. The molecule has 1 saturated carbocycles. The predicted octanol–water partition coefficient (Wildman–Crippen LogP) is 4.44. The molecular formula is C18H19Cl2N3O. The van der Waals surface area contributed by atoms with Crippen molar-refractivity contribution in [2.75, 3.05) is 11.9 Å². The second kappa shape index (κ2) is 5.78. The molecule has 2 aliphatic rings. The molecule has 4 rings (SSSR count). The SMILES string of the molecule is Cc1nc(-c2ccccc2Cl)n2c1N(C)C(=O)C1CC(Cl)CCC12. The highest BCUT2D eigenvalue weighted by molar-refractivity contribution is 6.33. The number of aryl methyl sites for hydroxylation is 1. The van der Waals surface area contributed by atoms with Gasteiger partial charge in [0.05, 0.1) is 16.6 Å². The quantitative estimate of drug-likeness (QED) is 0.702.